The van der Waals surface area contributed by atoms with Crippen LogP contribution >= 0.6 is 11.6 Å². The Morgan fingerprint density at radius 2 is 1.92 bits per heavy atom. The average molecular weight is 372 g/mol. The number of aryl methyl sites for hydroxylation is 2. The fourth-order valence-electron chi connectivity index (χ4n) is 2.79. The van der Waals surface area contributed by atoms with Crippen LogP contribution in [0.25, 0.3) is 0 Å². The molecular weight excluding hydrogens is 350 g/mol. The van der Waals surface area contributed by atoms with Crippen LogP contribution < -0.4 is 5.32 Å². The lowest BCUT2D eigenvalue weighted by Crippen LogP contribution is -2.24. The molecular formula is C19H22ClN5O. The van der Waals surface area contributed by atoms with Crippen molar-refractivity contribution in [3.05, 3.63) is 64.2 Å². The zero-order valence-corrected chi connectivity index (χ0v) is 16.1. The first-order valence-corrected chi connectivity index (χ1v) is 8.83. The topological polar surface area (TPSA) is 64.7 Å². The number of benzene rings is 1. The number of hydrogen-bond donors (Lipinski definition) is 1. The molecule has 7 heteroatoms. The summed E-state index contributed by atoms with van der Waals surface area (Å²) in [5.41, 5.74) is 4.56. The lowest BCUT2D eigenvalue weighted by atomic mass is 10.2. The van der Waals surface area contributed by atoms with E-state index in [9.17, 15) is 4.79 Å². The highest BCUT2D eigenvalue weighted by Gasteiger charge is 2.20. The second kappa shape index (κ2) is 7.33. The highest BCUT2D eigenvalue weighted by Crippen LogP contribution is 2.22. The van der Waals surface area contributed by atoms with Crippen LogP contribution in [0.5, 0.6) is 0 Å². The summed E-state index contributed by atoms with van der Waals surface area (Å²) in [6.07, 6.45) is 3.60. The summed E-state index contributed by atoms with van der Waals surface area (Å²) in [4.78, 5) is 12.6. The van der Waals surface area contributed by atoms with Crippen LogP contribution in [0.15, 0.2) is 36.7 Å². The molecule has 1 unspecified atom stereocenters. The van der Waals surface area contributed by atoms with E-state index in [0.717, 1.165) is 28.2 Å². The molecule has 3 aromatic rings. The molecule has 6 nitrogen and oxygen atoms in total. The van der Waals surface area contributed by atoms with Crippen molar-refractivity contribution in [2.75, 3.05) is 5.32 Å². The van der Waals surface area contributed by atoms with Gasteiger partial charge in [-0.15, -0.1) is 0 Å². The second-order valence-electron chi connectivity index (χ2n) is 6.49. The minimum Gasteiger partial charge on any atom is -0.321 e. The molecule has 0 saturated heterocycles. The molecule has 1 aromatic carbocycles. The van der Waals surface area contributed by atoms with Gasteiger partial charge in [-0.2, -0.15) is 10.2 Å². The molecule has 1 N–H and O–H groups in total. The molecule has 0 radical (unpaired) electrons. The van der Waals surface area contributed by atoms with Crippen LogP contribution in [-0.4, -0.2) is 25.5 Å². The Kier molecular flexibility index (Phi) is 5.13. The molecule has 1 atom stereocenters. The van der Waals surface area contributed by atoms with Crippen LogP contribution in [0.3, 0.4) is 0 Å². The Labute approximate surface area is 157 Å². The van der Waals surface area contributed by atoms with Crippen molar-refractivity contribution in [3.63, 3.8) is 0 Å². The largest absolute Gasteiger partial charge is 0.321 e. The summed E-state index contributed by atoms with van der Waals surface area (Å²) < 4.78 is 3.55. The van der Waals surface area contributed by atoms with Gasteiger partial charge in [0.25, 0.3) is 0 Å². The Hall–Kier alpha value is -2.60. The first-order valence-electron chi connectivity index (χ1n) is 8.45. The number of carbonyl (C=O) groups excluding carboxylic acids is 1. The monoisotopic (exact) mass is 371 g/mol. The summed E-state index contributed by atoms with van der Waals surface area (Å²) in [7, 11) is 0. The molecule has 2 aromatic heterocycles. The average Bonchev–Trinajstić information content (AvgIpc) is 3.15. The number of amides is 1. The van der Waals surface area contributed by atoms with Crippen molar-refractivity contribution in [1.29, 1.82) is 0 Å². The number of aromatic nitrogens is 4. The number of nitrogens with one attached hydrogen (secondary N) is 1. The van der Waals surface area contributed by atoms with E-state index >= 15 is 0 Å². The third-order valence-corrected chi connectivity index (χ3v) is 4.63. The summed E-state index contributed by atoms with van der Waals surface area (Å²) in [6.45, 7) is 8.24. The van der Waals surface area contributed by atoms with Crippen molar-refractivity contribution in [1.82, 2.24) is 19.6 Å². The van der Waals surface area contributed by atoms with Gasteiger partial charge in [0.1, 0.15) is 6.04 Å². The Bertz CT molecular complexity index is 926. The van der Waals surface area contributed by atoms with Crippen molar-refractivity contribution >= 4 is 23.2 Å². The summed E-state index contributed by atoms with van der Waals surface area (Å²) in [5.74, 6) is -0.120. The first-order chi connectivity index (χ1) is 12.3. The van der Waals surface area contributed by atoms with Crippen molar-refractivity contribution in [2.45, 2.75) is 40.3 Å². The third-order valence-electron chi connectivity index (χ3n) is 4.38. The SMILES string of the molecule is Cc1cnn(C(C)C(=O)Nc2c(C)nn(Cc3ccc(Cl)cc3)c2C)c1. The summed E-state index contributed by atoms with van der Waals surface area (Å²) in [6, 6.07) is 7.26. The Morgan fingerprint density at radius 3 is 2.54 bits per heavy atom. The number of halogens is 1. The van der Waals surface area contributed by atoms with Crippen molar-refractivity contribution in [2.24, 2.45) is 0 Å². The molecule has 0 spiro atoms. The molecule has 0 fully saturated rings. The third kappa shape index (κ3) is 3.80. The second-order valence-corrected chi connectivity index (χ2v) is 6.93. The molecule has 0 aliphatic rings. The van der Waals surface area contributed by atoms with Crippen LogP contribution in [0, 0.1) is 20.8 Å². The van der Waals surface area contributed by atoms with E-state index in [2.05, 4.69) is 15.5 Å². The molecule has 2 heterocycles. The fourth-order valence-corrected chi connectivity index (χ4v) is 2.91. The number of hydrogen-bond acceptors (Lipinski definition) is 3. The van der Waals surface area contributed by atoms with Crippen LogP contribution in [0.4, 0.5) is 5.69 Å². The fraction of sp³-hybridized carbons (Fsp3) is 0.316. The van der Waals surface area contributed by atoms with Gasteiger partial charge < -0.3 is 5.32 Å². The molecule has 0 aliphatic carbocycles. The molecule has 136 valence electrons. The normalized spacial score (nSPS) is 12.2. The summed E-state index contributed by atoms with van der Waals surface area (Å²) in [5, 5.41) is 12.5. The lowest BCUT2D eigenvalue weighted by molar-refractivity contribution is -0.119. The molecule has 0 bridgehead atoms. The van der Waals surface area contributed by atoms with Gasteiger partial charge in [0, 0.05) is 11.2 Å². The molecule has 26 heavy (non-hydrogen) atoms. The van der Waals surface area contributed by atoms with E-state index in [1.165, 1.54) is 0 Å². The number of carbonyl (C=O) groups is 1. The van der Waals surface area contributed by atoms with E-state index in [-0.39, 0.29) is 5.91 Å². The van der Waals surface area contributed by atoms with Gasteiger partial charge in [-0.1, -0.05) is 23.7 Å². The van der Waals surface area contributed by atoms with Gasteiger partial charge in [-0.25, -0.2) is 0 Å². The summed E-state index contributed by atoms with van der Waals surface area (Å²) >= 11 is 5.94. The van der Waals surface area contributed by atoms with E-state index in [1.54, 1.807) is 10.9 Å². The standard InChI is InChI=1S/C19H22ClN5O/c1-12-9-21-24(10-12)15(4)19(26)22-18-13(2)23-25(14(18)3)11-16-5-7-17(20)8-6-16/h5-10,15H,11H2,1-4H3,(H,22,26). The predicted molar refractivity (Wildman–Crippen MR) is 103 cm³/mol. The molecule has 1 amide bonds. The lowest BCUT2D eigenvalue weighted by Gasteiger charge is -2.13. The zero-order valence-electron chi connectivity index (χ0n) is 15.3. The van der Waals surface area contributed by atoms with Gasteiger partial charge in [-0.3, -0.25) is 14.2 Å². The van der Waals surface area contributed by atoms with E-state index < -0.39 is 6.04 Å². The van der Waals surface area contributed by atoms with Gasteiger partial charge in [0.2, 0.25) is 5.91 Å². The van der Waals surface area contributed by atoms with E-state index in [4.69, 9.17) is 11.6 Å². The first kappa shape index (κ1) is 18.2. The minimum atomic E-state index is -0.401. The molecule has 3 rings (SSSR count). The smallest absolute Gasteiger partial charge is 0.249 e. The number of anilines is 1. The van der Waals surface area contributed by atoms with Crippen LogP contribution in [0.1, 0.15) is 35.5 Å². The zero-order chi connectivity index (χ0) is 18.8. The highest BCUT2D eigenvalue weighted by molar-refractivity contribution is 6.30. The van der Waals surface area contributed by atoms with Crippen LogP contribution in [-0.2, 0) is 11.3 Å². The van der Waals surface area contributed by atoms with Gasteiger partial charge in [0.05, 0.1) is 29.8 Å². The molecule has 0 saturated carbocycles. The van der Waals surface area contributed by atoms with E-state index in [0.29, 0.717) is 11.6 Å². The number of nitrogens with zero attached hydrogens (tertiary/aromatic N) is 4. The van der Waals surface area contributed by atoms with Crippen molar-refractivity contribution < 1.29 is 4.79 Å². The quantitative estimate of drug-likeness (QED) is 0.739. The van der Waals surface area contributed by atoms with Gasteiger partial charge in [-0.05, 0) is 51.0 Å². The maximum Gasteiger partial charge on any atom is 0.249 e. The maximum absolute atomic E-state index is 12.6. The van der Waals surface area contributed by atoms with Gasteiger partial charge >= 0.3 is 0 Å². The predicted octanol–water partition coefficient (Wildman–Crippen LogP) is 3.91. The maximum atomic E-state index is 12.6. The molecule has 0 aliphatic heterocycles. The minimum absolute atomic E-state index is 0.120. The van der Waals surface area contributed by atoms with Gasteiger partial charge in [0.15, 0.2) is 0 Å². The Morgan fingerprint density at radius 1 is 1.23 bits per heavy atom. The van der Waals surface area contributed by atoms with Crippen LogP contribution in [0.2, 0.25) is 5.02 Å². The van der Waals surface area contributed by atoms with Crippen molar-refractivity contribution in [3.8, 4) is 0 Å². The number of rotatable bonds is 5. The van der Waals surface area contributed by atoms with E-state index in [1.807, 2.05) is 62.8 Å². The highest BCUT2D eigenvalue weighted by atomic mass is 35.5. The Balaban J connectivity index is 1.77.